The monoisotopic (exact) mass is 336 g/mol. The fourth-order valence-electron chi connectivity index (χ4n) is 2.07. The lowest BCUT2D eigenvalue weighted by Gasteiger charge is -2.15. The minimum Gasteiger partial charge on any atom is -0.324 e. The van der Waals surface area contributed by atoms with Crippen LogP contribution in [0.2, 0.25) is 0 Å². The van der Waals surface area contributed by atoms with Crippen molar-refractivity contribution in [1.82, 2.24) is 4.98 Å². The molecule has 24 heavy (non-hydrogen) atoms. The van der Waals surface area contributed by atoms with E-state index in [0.717, 1.165) is 5.69 Å². The van der Waals surface area contributed by atoms with Crippen LogP contribution in [0.3, 0.4) is 0 Å². The summed E-state index contributed by atoms with van der Waals surface area (Å²) in [5.74, 6) is -0.211. The first-order valence-electron chi connectivity index (χ1n) is 7.43. The highest BCUT2D eigenvalue weighted by Gasteiger charge is 2.21. The van der Waals surface area contributed by atoms with Crippen LogP contribution >= 0.6 is 11.8 Å². The van der Waals surface area contributed by atoms with Gasteiger partial charge < -0.3 is 5.32 Å². The molecule has 0 unspecified atom stereocenters. The van der Waals surface area contributed by atoms with E-state index in [1.807, 2.05) is 13.8 Å². The summed E-state index contributed by atoms with van der Waals surface area (Å²) in [6, 6.07) is 14.5. The Morgan fingerprint density at radius 2 is 1.92 bits per heavy atom. The van der Waals surface area contributed by atoms with Crippen LogP contribution in [0.15, 0.2) is 41.4 Å². The third-order valence-corrected chi connectivity index (χ3v) is 4.71. The van der Waals surface area contributed by atoms with Crippen molar-refractivity contribution < 1.29 is 4.79 Å². The van der Waals surface area contributed by atoms with Gasteiger partial charge in [-0.1, -0.05) is 30.8 Å². The van der Waals surface area contributed by atoms with Gasteiger partial charge in [0.15, 0.2) is 0 Å². The van der Waals surface area contributed by atoms with E-state index < -0.39 is 5.25 Å². The number of aromatic nitrogens is 1. The summed E-state index contributed by atoms with van der Waals surface area (Å²) in [4.78, 5) is 16.9. The topological polar surface area (TPSA) is 89.6 Å². The van der Waals surface area contributed by atoms with Crippen LogP contribution in [0, 0.1) is 29.6 Å². The molecule has 0 bridgehead atoms. The first-order valence-corrected chi connectivity index (χ1v) is 8.31. The van der Waals surface area contributed by atoms with Gasteiger partial charge in [-0.3, -0.25) is 4.79 Å². The van der Waals surface area contributed by atoms with E-state index in [4.69, 9.17) is 5.26 Å². The third-order valence-electron chi connectivity index (χ3n) is 3.34. The quantitative estimate of drug-likeness (QED) is 0.842. The van der Waals surface area contributed by atoms with Gasteiger partial charge in [-0.25, -0.2) is 4.98 Å². The number of anilines is 1. The summed E-state index contributed by atoms with van der Waals surface area (Å²) < 4.78 is 0. The van der Waals surface area contributed by atoms with Crippen molar-refractivity contribution in [3.05, 3.63) is 53.2 Å². The maximum absolute atomic E-state index is 12.5. The summed E-state index contributed by atoms with van der Waals surface area (Å²) in [6.45, 7) is 3.74. The Labute approximate surface area is 145 Å². The smallest absolute Gasteiger partial charge is 0.237 e. The Hall–Kier alpha value is -2.83. The van der Waals surface area contributed by atoms with E-state index in [1.54, 1.807) is 36.4 Å². The number of nitrogens with one attached hydrogen (secondary N) is 1. The molecule has 1 aromatic carbocycles. The van der Waals surface area contributed by atoms with Crippen LogP contribution in [0.4, 0.5) is 5.69 Å². The van der Waals surface area contributed by atoms with Crippen molar-refractivity contribution in [3.63, 3.8) is 0 Å². The van der Waals surface area contributed by atoms with E-state index in [2.05, 4.69) is 22.4 Å². The third kappa shape index (κ3) is 4.13. The normalized spacial score (nSPS) is 11.2. The van der Waals surface area contributed by atoms with Crippen molar-refractivity contribution in [2.75, 3.05) is 5.32 Å². The van der Waals surface area contributed by atoms with Gasteiger partial charge in [0.25, 0.3) is 0 Å². The summed E-state index contributed by atoms with van der Waals surface area (Å²) in [5.41, 5.74) is 2.15. The lowest BCUT2D eigenvalue weighted by Crippen LogP contribution is -2.25. The average molecular weight is 336 g/mol. The molecule has 5 nitrogen and oxygen atoms in total. The Balaban J connectivity index is 2.20. The molecule has 0 fully saturated rings. The number of hydrogen-bond donors (Lipinski definition) is 1. The van der Waals surface area contributed by atoms with Gasteiger partial charge in [0.2, 0.25) is 5.91 Å². The van der Waals surface area contributed by atoms with Crippen LogP contribution in [0.5, 0.6) is 0 Å². The van der Waals surface area contributed by atoms with E-state index in [1.165, 1.54) is 11.8 Å². The highest BCUT2D eigenvalue weighted by Crippen LogP contribution is 2.28. The minimum absolute atomic E-state index is 0.211. The number of aryl methyl sites for hydroxylation is 1. The lowest BCUT2D eigenvalue weighted by atomic mass is 10.2. The van der Waals surface area contributed by atoms with Gasteiger partial charge >= 0.3 is 0 Å². The standard InChI is InChI=1S/C18H16N4OS/c1-3-16(24-18-14(11-20)9-8-12(2)21-18)17(23)22-15-7-5-4-6-13(15)10-19/h4-9,16H,3H2,1-2H3,(H,22,23)/t16-/m1/s1. The second-order valence-electron chi connectivity index (χ2n) is 5.08. The first-order chi connectivity index (χ1) is 11.6. The van der Waals surface area contributed by atoms with Gasteiger partial charge in [-0.2, -0.15) is 10.5 Å². The number of benzene rings is 1. The molecule has 0 radical (unpaired) electrons. The predicted octanol–water partition coefficient (Wildman–Crippen LogP) is 3.64. The Bertz CT molecular complexity index is 836. The highest BCUT2D eigenvalue weighted by molar-refractivity contribution is 8.00. The molecule has 0 saturated heterocycles. The van der Waals surface area contributed by atoms with Gasteiger partial charge in [0.05, 0.1) is 22.1 Å². The second kappa shape index (κ2) is 8.14. The highest BCUT2D eigenvalue weighted by atomic mass is 32.2. The fourth-order valence-corrected chi connectivity index (χ4v) is 3.11. The average Bonchev–Trinajstić information content (AvgIpc) is 2.60. The number of nitrogens with zero attached hydrogens (tertiary/aromatic N) is 3. The molecule has 1 atom stereocenters. The first kappa shape index (κ1) is 17.5. The Morgan fingerprint density at radius 1 is 1.21 bits per heavy atom. The molecule has 120 valence electrons. The molecule has 1 aromatic heterocycles. The van der Waals surface area contributed by atoms with Crippen LogP contribution in [0.25, 0.3) is 0 Å². The molecule has 2 aromatic rings. The largest absolute Gasteiger partial charge is 0.324 e. The fraction of sp³-hybridized carbons (Fsp3) is 0.222. The van der Waals surface area contributed by atoms with E-state index in [0.29, 0.717) is 28.3 Å². The summed E-state index contributed by atoms with van der Waals surface area (Å²) in [7, 11) is 0. The molecular formula is C18H16N4OS. The number of thioether (sulfide) groups is 1. The van der Waals surface area contributed by atoms with Gasteiger partial charge in [0.1, 0.15) is 17.2 Å². The van der Waals surface area contributed by atoms with Crippen LogP contribution < -0.4 is 5.32 Å². The maximum Gasteiger partial charge on any atom is 0.237 e. The molecule has 1 heterocycles. The zero-order chi connectivity index (χ0) is 17.5. The molecule has 0 aliphatic heterocycles. The van der Waals surface area contributed by atoms with Crippen molar-refractivity contribution >= 4 is 23.4 Å². The molecule has 0 spiro atoms. The number of carbonyl (C=O) groups is 1. The summed E-state index contributed by atoms with van der Waals surface area (Å²) in [5, 5.41) is 21.2. The maximum atomic E-state index is 12.5. The van der Waals surface area contributed by atoms with Gasteiger partial charge in [-0.15, -0.1) is 0 Å². The number of amides is 1. The number of pyridine rings is 1. The number of carbonyl (C=O) groups excluding carboxylic acids is 1. The SMILES string of the molecule is CC[C@@H](Sc1nc(C)ccc1C#N)C(=O)Nc1ccccc1C#N. The zero-order valence-corrected chi connectivity index (χ0v) is 14.2. The van der Waals surface area contributed by atoms with Crippen molar-refractivity contribution in [3.8, 4) is 12.1 Å². The van der Waals surface area contributed by atoms with E-state index in [9.17, 15) is 10.1 Å². The summed E-state index contributed by atoms with van der Waals surface area (Å²) >= 11 is 1.27. The summed E-state index contributed by atoms with van der Waals surface area (Å²) in [6.07, 6.45) is 0.575. The number of rotatable bonds is 5. The molecule has 6 heteroatoms. The van der Waals surface area contributed by atoms with Crippen LogP contribution in [0.1, 0.15) is 30.2 Å². The molecule has 1 amide bonds. The number of para-hydroxylation sites is 1. The molecule has 1 N–H and O–H groups in total. The number of hydrogen-bond acceptors (Lipinski definition) is 5. The molecular weight excluding hydrogens is 320 g/mol. The van der Waals surface area contributed by atoms with Gasteiger partial charge in [0, 0.05) is 5.69 Å². The Kier molecular flexibility index (Phi) is 5.95. The molecule has 0 aliphatic carbocycles. The molecule has 0 aliphatic rings. The van der Waals surface area contributed by atoms with Crippen LogP contribution in [-0.4, -0.2) is 16.1 Å². The van der Waals surface area contributed by atoms with E-state index >= 15 is 0 Å². The van der Waals surface area contributed by atoms with Crippen molar-refractivity contribution in [1.29, 1.82) is 10.5 Å². The van der Waals surface area contributed by atoms with Gasteiger partial charge in [-0.05, 0) is 37.6 Å². The second-order valence-corrected chi connectivity index (χ2v) is 6.27. The zero-order valence-electron chi connectivity index (χ0n) is 13.4. The minimum atomic E-state index is -0.404. The number of nitriles is 2. The Morgan fingerprint density at radius 3 is 2.58 bits per heavy atom. The van der Waals surface area contributed by atoms with Crippen molar-refractivity contribution in [2.45, 2.75) is 30.5 Å². The predicted molar refractivity (Wildman–Crippen MR) is 93.4 cm³/mol. The molecule has 0 saturated carbocycles. The lowest BCUT2D eigenvalue weighted by molar-refractivity contribution is -0.115. The van der Waals surface area contributed by atoms with Crippen molar-refractivity contribution in [2.24, 2.45) is 0 Å². The van der Waals surface area contributed by atoms with E-state index in [-0.39, 0.29) is 5.91 Å². The molecule has 2 rings (SSSR count). The van der Waals surface area contributed by atoms with Crippen LogP contribution in [-0.2, 0) is 4.79 Å².